The third-order valence-electron chi connectivity index (χ3n) is 4.39. The van der Waals surface area contributed by atoms with Crippen molar-refractivity contribution in [3.8, 4) is 0 Å². The van der Waals surface area contributed by atoms with E-state index in [1.54, 1.807) is 0 Å². The van der Waals surface area contributed by atoms with Crippen molar-refractivity contribution < 1.29 is 4.79 Å². The Morgan fingerprint density at radius 2 is 1.77 bits per heavy atom. The first-order valence-corrected chi connectivity index (χ1v) is 5.85. The highest BCUT2D eigenvalue weighted by atomic mass is 16.1. The van der Waals surface area contributed by atoms with Gasteiger partial charge in [0.15, 0.2) is 0 Å². The summed E-state index contributed by atoms with van der Waals surface area (Å²) in [5.41, 5.74) is 0. The predicted octanol–water partition coefficient (Wildman–Crippen LogP) is 2.79. The first-order chi connectivity index (χ1) is 6.33. The van der Waals surface area contributed by atoms with E-state index in [9.17, 15) is 4.79 Å². The lowest BCUT2D eigenvalue weighted by Gasteiger charge is -2.25. The summed E-state index contributed by atoms with van der Waals surface area (Å²) in [5, 5.41) is 0. The van der Waals surface area contributed by atoms with Gasteiger partial charge >= 0.3 is 0 Å². The topological polar surface area (TPSA) is 17.1 Å². The van der Waals surface area contributed by atoms with Crippen molar-refractivity contribution in [2.24, 2.45) is 23.7 Å². The fourth-order valence-corrected chi connectivity index (χ4v) is 3.19. The van der Waals surface area contributed by atoms with Gasteiger partial charge in [-0.1, -0.05) is 6.42 Å². The lowest BCUT2D eigenvalue weighted by Crippen LogP contribution is -2.23. The first kappa shape index (κ1) is 8.02. The Hall–Kier alpha value is -0.330. The van der Waals surface area contributed by atoms with Crippen LogP contribution in [0.2, 0.25) is 0 Å². The van der Waals surface area contributed by atoms with Crippen LogP contribution in [0.3, 0.4) is 0 Å². The van der Waals surface area contributed by atoms with Gasteiger partial charge in [0.2, 0.25) is 0 Å². The largest absolute Gasteiger partial charge is 0.299 e. The van der Waals surface area contributed by atoms with E-state index in [0.717, 1.165) is 24.2 Å². The Kier molecular flexibility index (Phi) is 1.75. The van der Waals surface area contributed by atoms with Crippen LogP contribution < -0.4 is 0 Å². The summed E-state index contributed by atoms with van der Waals surface area (Å²) in [6.45, 7) is 0. The zero-order valence-corrected chi connectivity index (χ0v) is 8.17. The molecule has 3 fully saturated rings. The van der Waals surface area contributed by atoms with Crippen LogP contribution in [-0.4, -0.2) is 5.78 Å². The first-order valence-electron chi connectivity index (χ1n) is 5.85. The second-order valence-electron chi connectivity index (χ2n) is 5.39. The van der Waals surface area contributed by atoms with Crippen molar-refractivity contribution in [2.75, 3.05) is 0 Å². The van der Waals surface area contributed by atoms with Gasteiger partial charge in [0, 0.05) is 12.3 Å². The molecule has 0 aliphatic heterocycles. The molecule has 2 unspecified atom stereocenters. The van der Waals surface area contributed by atoms with Crippen LogP contribution in [-0.2, 0) is 4.79 Å². The Bertz CT molecular complexity index is 219. The second-order valence-corrected chi connectivity index (χ2v) is 5.39. The summed E-state index contributed by atoms with van der Waals surface area (Å²) in [7, 11) is 0. The fraction of sp³-hybridized carbons (Fsp3) is 0.917. The average Bonchev–Trinajstić information content (AvgIpc) is 2.55. The molecule has 3 rings (SSSR count). The Labute approximate surface area is 79.9 Å². The molecule has 3 aliphatic rings. The molecule has 3 saturated carbocycles. The van der Waals surface area contributed by atoms with E-state index in [4.69, 9.17) is 0 Å². The van der Waals surface area contributed by atoms with Crippen molar-refractivity contribution in [1.29, 1.82) is 0 Å². The van der Waals surface area contributed by atoms with Crippen LogP contribution in [0.4, 0.5) is 0 Å². The number of ketones is 1. The van der Waals surface area contributed by atoms with E-state index < -0.39 is 0 Å². The number of rotatable bonds is 3. The van der Waals surface area contributed by atoms with Crippen LogP contribution in [0.5, 0.6) is 0 Å². The number of hydrogen-bond acceptors (Lipinski definition) is 1. The maximum absolute atomic E-state index is 11.7. The predicted molar refractivity (Wildman–Crippen MR) is 51.3 cm³/mol. The average molecular weight is 178 g/mol. The monoisotopic (exact) mass is 178 g/mol. The van der Waals surface area contributed by atoms with E-state index in [0.29, 0.717) is 11.7 Å². The number of carbonyl (C=O) groups is 1. The quantitative estimate of drug-likeness (QED) is 0.649. The lowest BCUT2D eigenvalue weighted by molar-refractivity contribution is -0.126. The standard InChI is InChI=1S/C12H18O/c13-12(9-2-1-3-9)6-8-4-10-7-11(10)5-8/h8-11H,1-7H2. The molecule has 13 heavy (non-hydrogen) atoms. The molecule has 0 aromatic rings. The molecule has 0 bridgehead atoms. The highest BCUT2D eigenvalue weighted by Gasteiger charge is 2.46. The fourth-order valence-electron chi connectivity index (χ4n) is 3.19. The molecule has 1 heteroatoms. The Morgan fingerprint density at radius 3 is 2.31 bits per heavy atom. The maximum Gasteiger partial charge on any atom is 0.136 e. The van der Waals surface area contributed by atoms with E-state index in [1.165, 1.54) is 38.5 Å². The van der Waals surface area contributed by atoms with Crippen molar-refractivity contribution in [3.05, 3.63) is 0 Å². The molecule has 0 amide bonds. The molecule has 0 spiro atoms. The normalized spacial score (nSPS) is 42.6. The van der Waals surface area contributed by atoms with Crippen molar-refractivity contribution in [3.63, 3.8) is 0 Å². The highest BCUT2D eigenvalue weighted by molar-refractivity contribution is 5.81. The van der Waals surface area contributed by atoms with Crippen LogP contribution >= 0.6 is 0 Å². The van der Waals surface area contributed by atoms with Crippen LogP contribution in [0.1, 0.15) is 44.9 Å². The Balaban J connectivity index is 1.48. The Morgan fingerprint density at radius 1 is 1.08 bits per heavy atom. The van der Waals surface area contributed by atoms with Crippen LogP contribution in [0, 0.1) is 23.7 Å². The van der Waals surface area contributed by atoms with Gasteiger partial charge in [0.1, 0.15) is 5.78 Å². The molecule has 0 aromatic carbocycles. The molecule has 0 radical (unpaired) electrons. The lowest BCUT2D eigenvalue weighted by atomic mass is 9.79. The number of carbonyl (C=O) groups excluding carboxylic acids is 1. The van der Waals surface area contributed by atoms with E-state index in [-0.39, 0.29) is 0 Å². The third-order valence-corrected chi connectivity index (χ3v) is 4.39. The zero-order valence-electron chi connectivity index (χ0n) is 8.17. The number of fused-ring (bicyclic) bond motifs is 1. The van der Waals surface area contributed by atoms with Crippen LogP contribution in [0.25, 0.3) is 0 Å². The maximum atomic E-state index is 11.7. The summed E-state index contributed by atoms with van der Waals surface area (Å²) in [6.07, 6.45) is 8.85. The molecule has 0 saturated heterocycles. The SMILES string of the molecule is O=C(CC1CC2CC2C1)C1CCC1. The summed E-state index contributed by atoms with van der Waals surface area (Å²) in [4.78, 5) is 11.7. The molecule has 3 aliphatic carbocycles. The molecule has 0 heterocycles. The zero-order chi connectivity index (χ0) is 8.84. The molecule has 1 nitrogen and oxygen atoms in total. The molecule has 0 aromatic heterocycles. The van der Waals surface area contributed by atoms with Crippen molar-refractivity contribution in [2.45, 2.75) is 44.9 Å². The van der Waals surface area contributed by atoms with E-state index >= 15 is 0 Å². The smallest absolute Gasteiger partial charge is 0.136 e. The minimum atomic E-state index is 0.483. The van der Waals surface area contributed by atoms with E-state index in [2.05, 4.69) is 0 Å². The second kappa shape index (κ2) is 2.83. The molecular formula is C12H18O. The highest BCUT2D eigenvalue weighted by Crippen LogP contribution is 2.55. The van der Waals surface area contributed by atoms with Gasteiger partial charge < -0.3 is 0 Å². The molecular weight excluding hydrogens is 160 g/mol. The summed E-state index contributed by atoms with van der Waals surface area (Å²) < 4.78 is 0. The number of Topliss-reactive ketones (excluding diaryl/α,β-unsaturated/α-hetero) is 1. The van der Waals surface area contributed by atoms with Gasteiger partial charge in [0.05, 0.1) is 0 Å². The molecule has 0 N–H and O–H groups in total. The molecule has 72 valence electrons. The number of hydrogen-bond donors (Lipinski definition) is 0. The molecule has 2 atom stereocenters. The van der Waals surface area contributed by atoms with Gasteiger partial charge in [-0.2, -0.15) is 0 Å². The van der Waals surface area contributed by atoms with Gasteiger partial charge in [-0.3, -0.25) is 4.79 Å². The van der Waals surface area contributed by atoms with Gasteiger partial charge in [-0.25, -0.2) is 0 Å². The summed E-state index contributed by atoms with van der Waals surface area (Å²) in [6, 6.07) is 0. The van der Waals surface area contributed by atoms with Gasteiger partial charge in [-0.15, -0.1) is 0 Å². The summed E-state index contributed by atoms with van der Waals surface area (Å²) in [5.74, 6) is 3.95. The summed E-state index contributed by atoms with van der Waals surface area (Å²) >= 11 is 0. The van der Waals surface area contributed by atoms with E-state index in [1.807, 2.05) is 0 Å². The van der Waals surface area contributed by atoms with Gasteiger partial charge in [0.25, 0.3) is 0 Å². The third kappa shape index (κ3) is 1.43. The van der Waals surface area contributed by atoms with Crippen molar-refractivity contribution >= 4 is 5.78 Å². The minimum Gasteiger partial charge on any atom is -0.299 e. The van der Waals surface area contributed by atoms with Crippen molar-refractivity contribution in [1.82, 2.24) is 0 Å². The van der Waals surface area contributed by atoms with Crippen LogP contribution in [0.15, 0.2) is 0 Å². The van der Waals surface area contributed by atoms with Gasteiger partial charge in [-0.05, 0) is 49.9 Å². The minimum absolute atomic E-state index is 0.483.